The van der Waals surface area contributed by atoms with Crippen molar-refractivity contribution < 1.29 is 18.9 Å². The SMILES string of the molecule is COc1ccc(-c2cnnn2Cc2cc(OC)c(OC)c(OC)c2)cc1. The second-order valence-corrected chi connectivity index (χ2v) is 5.54. The van der Waals surface area contributed by atoms with Crippen molar-refractivity contribution in [2.45, 2.75) is 6.54 Å². The third-order valence-electron chi connectivity index (χ3n) is 4.06. The quantitative estimate of drug-likeness (QED) is 0.649. The van der Waals surface area contributed by atoms with Crippen LogP contribution in [0, 0.1) is 0 Å². The Morgan fingerprint density at radius 2 is 1.50 bits per heavy atom. The number of benzene rings is 2. The Labute approximate surface area is 152 Å². The van der Waals surface area contributed by atoms with Crippen LogP contribution in [0.2, 0.25) is 0 Å². The van der Waals surface area contributed by atoms with Crippen LogP contribution >= 0.6 is 0 Å². The number of ether oxygens (including phenoxy) is 4. The molecule has 136 valence electrons. The highest BCUT2D eigenvalue weighted by Crippen LogP contribution is 2.38. The molecule has 0 spiro atoms. The summed E-state index contributed by atoms with van der Waals surface area (Å²) in [6.45, 7) is 0.512. The van der Waals surface area contributed by atoms with E-state index >= 15 is 0 Å². The van der Waals surface area contributed by atoms with Gasteiger partial charge in [-0.1, -0.05) is 5.21 Å². The largest absolute Gasteiger partial charge is 0.497 e. The highest BCUT2D eigenvalue weighted by molar-refractivity contribution is 5.60. The average Bonchev–Trinajstić information content (AvgIpc) is 3.15. The van der Waals surface area contributed by atoms with E-state index in [4.69, 9.17) is 18.9 Å². The molecule has 0 N–H and O–H groups in total. The molecule has 0 aliphatic carbocycles. The lowest BCUT2D eigenvalue weighted by Crippen LogP contribution is -2.05. The molecule has 0 unspecified atom stereocenters. The lowest BCUT2D eigenvalue weighted by Gasteiger charge is -2.14. The van der Waals surface area contributed by atoms with Gasteiger partial charge in [0.1, 0.15) is 5.75 Å². The fourth-order valence-electron chi connectivity index (χ4n) is 2.76. The lowest BCUT2D eigenvalue weighted by atomic mass is 10.1. The number of methoxy groups -OCH3 is 4. The van der Waals surface area contributed by atoms with Gasteiger partial charge in [0.25, 0.3) is 0 Å². The molecule has 7 heteroatoms. The number of hydrogen-bond acceptors (Lipinski definition) is 6. The Morgan fingerprint density at radius 3 is 2.04 bits per heavy atom. The topological polar surface area (TPSA) is 67.6 Å². The zero-order valence-electron chi connectivity index (χ0n) is 15.2. The van der Waals surface area contributed by atoms with Gasteiger partial charge in [0.2, 0.25) is 5.75 Å². The molecule has 0 fully saturated rings. The molecule has 26 heavy (non-hydrogen) atoms. The molecule has 0 aliphatic heterocycles. The van der Waals surface area contributed by atoms with Crippen LogP contribution in [0.3, 0.4) is 0 Å². The maximum absolute atomic E-state index is 5.41. The molecule has 0 aliphatic rings. The van der Waals surface area contributed by atoms with Gasteiger partial charge < -0.3 is 18.9 Å². The minimum absolute atomic E-state index is 0.512. The molecule has 1 aromatic heterocycles. The van der Waals surface area contributed by atoms with Crippen LogP contribution in [0.15, 0.2) is 42.6 Å². The van der Waals surface area contributed by atoms with E-state index in [-0.39, 0.29) is 0 Å². The van der Waals surface area contributed by atoms with Crippen molar-refractivity contribution in [1.29, 1.82) is 0 Å². The van der Waals surface area contributed by atoms with Crippen molar-refractivity contribution in [1.82, 2.24) is 15.0 Å². The van der Waals surface area contributed by atoms with E-state index in [1.54, 1.807) is 34.6 Å². The van der Waals surface area contributed by atoms with Crippen molar-refractivity contribution in [3.8, 4) is 34.3 Å². The van der Waals surface area contributed by atoms with Crippen LogP contribution in [-0.4, -0.2) is 43.4 Å². The van der Waals surface area contributed by atoms with Crippen LogP contribution in [0.5, 0.6) is 23.0 Å². The summed E-state index contributed by atoms with van der Waals surface area (Å²) in [6, 6.07) is 11.6. The molecule has 0 radical (unpaired) electrons. The van der Waals surface area contributed by atoms with E-state index in [9.17, 15) is 0 Å². The van der Waals surface area contributed by atoms with Gasteiger partial charge in [-0.3, -0.25) is 0 Å². The lowest BCUT2D eigenvalue weighted by molar-refractivity contribution is 0.323. The fraction of sp³-hybridized carbons (Fsp3) is 0.263. The highest BCUT2D eigenvalue weighted by atomic mass is 16.5. The van der Waals surface area contributed by atoms with E-state index in [0.717, 1.165) is 22.6 Å². The number of hydrogen-bond donors (Lipinski definition) is 0. The van der Waals surface area contributed by atoms with Crippen molar-refractivity contribution in [3.63, 3.8) is 0 Å². The summed E-state index contributed by atoms with van der Waals surface area (Å²) >= 11 is 0. The summed E-state index contributed by atoms with van der Waals surface area (Å²) in [5.41, 5.74) is 2.87. The average molecular weight is 355 g/mol. The molecule has 0 saturated carbocycles. The van der Waals surface area contributed by atoms with E-state index in [0.29, 0.717) is 23.8 Å². The maximum atomic E-state index is 5.41. The number of aromatic nitrogens is 3. The molecule has 3 rings (SSSR count). The first-order valence-corrected chi connectivity index (χ1v) is 8.02. The van der Waals surface area contributed by atoms with Crippen molar-refractivity contribution in [2.24, 2.45) is 0 Å². The van der Waals surface area contributed by atoms with Crippen LogP contribution in [-0.2, 0) is 6.54 Å². The van der Waals surface area contributed by atoms with E-state index in [1.165, 1.54) is 0 Å². The summed E-state index contributed by atoms with van der Waals surface area (Å²) < 4.78 is 23.2. The molecule has 0 saturated heterocycles. The molecule has 0 amide bonds. The monoisotopic (exact) mass is 355 g/mol. The zero-order chi connectivity index (χ0) is 18.5. The standard InChI is InChI=1S/C19H21N3O4/c1-23-15-7-5-14(6-8-15)16-11-20-21-22(16)12-13-9-17(24-2)19(26-4)18(10-13)25-3/h5-11H,12H2,1-4H3. The number of nitrogens with zero attached hydrogens (tertiary/aromatic N) is 3. The first kappa shape index (κ1) is 17.6. The Morgan fingerprint density at radius 1 is 0.846 bits per heavy atom. The third kappa shape index (κ3) is 3.42. The summed E-state index contributed by atoms with van der Waals surface area (Å²) in [7, 11) is 6.42. The molecule has 3 aromatic rings. The van der Waals surface area contributed by atoms with Gasteiger partial charge in [-0.05, 0) is 42.0 Å². The Hall–Kier alpha value is -3.22. The van der Waals surface area contributed by atoms with Crippen molar-refractivity contribution in [2.75, 3.05) is 28.4 Å². The predicted octanol–water partition coefficient (Wildman–Crippen LogP) is 3.03. The van der Waals surface area contributed by atoms with Crippen LogP contribution < -0.4 is 18.9 Å². The number of rotatable bonds is 7. The Bertz CT molecular complexity index is 850. The van der Waals surface area contributed by atoms with Crippen LogP contribution in [0.1, 0.15) is 5.56 Å². The Balaban J connectivity index is 1.94. The predicted molar refractivity (Wildman–Crippen MR) is 97.2 cm³/mol. The first-order valence-electron chi connectivity index (χ1n) is 8.02. The van der Waals surface area contributed by atoms with Gasteiger partial charge in [-0.15, -0.1) is 5.10 Å². The van der Waals surface area contributed by atoms with Crippen molar-refractivity contribution in [3.05, 3.63) is 48.2 Å². The van der Waals surface area contributed by atoms with Crippen LogP contribution in [0.4, 0.5) is 0 Å². The van der Waals surface area contributed by atoms with Crippen LogP contribution in [0.25, 0.3) is 11.3 Å². The molecule has 0 bridgehead atoms. The second-order valence-electron chi connectivity index (χ2n) is 5.54. The van der Waals surface area contributed by atoms with E-state index in [2.05, 4.69) is 10.3 Å². The smallest absolute Gasteiger partial charge is 0.203 e. The molecule has 2 aromatic carbocycles. The van der Waals surface area contributed by atoms with Gasteiger partial charge in [0.05, 0.1) is 46.9 Å². The van der Waals surface area contributed by atoms with E-state index in [1.807, 2.05) is 41.1 Å². The first-order chi connectivity index (χ1) is 12.7. The molecular formula is C19H21N3O4. The van der Waals surface area contributed by atoms with Gasteiger partial charge in [-0.2, -0.15) is 0 Å². The van der Waals surface area contributed by atoms with E-state index < -0.39 is 0 Å². The molecular weight excluding hydrogens is 334 g/mol. The molecule has 7 nitrogen and oxygen atoms in total. The molecule has 1 heterocycles. The normalized spacial score (nSPS) is 10.5. The van der Waals surface area contributed by atoms with Gasteiger partial charge in [0, 0.05) is 5.56 Å². The van der Waals surface area contributed by atoms with Crippen molar-refractivity contribution >= 4 is 0 Å². The highest BCUT2D eigenvalue weighted by Gasteiger charge is 2.15. The summed E-state index contributed by atoms with van der Waals surface area (Å²) in [4.78, 5) is 0. The van der Waals surface area contributed by atoms with Gasteiger partial charge in [0.15, 0.2) is 11.5 Å². The maximum Gasteiger partial charge on any atom is 0.203 e. The minimum atomic E-state index is 0.512. The molecule has 0 atom stereocenters. The van der Waals surface area contributed by atoms with Gasteiger partial charge >= 0.3 is 0 Å². The summed E-state index contributed by atoms with van der Waals surface area (Å²) in [5.74, 6) is 2.58. The third-order valence-corrected chi connectivity index (χ3v) is 4.06. The second kappa shape index (κ2) is 7.77. The fourth-order valence-corrected chi connectivity index (χ4v) is 2.76. The van der Waals surface area contributed by atoms with Gasteiger partial charge in [-0.25, -0.2) is 4.68 Å². The minimum Gasteiger partial charge on any atom is -0.497 e. The summed E-state index contributed by atoms with van der Waals surface area (Å²) in [6.07, 6.45) is 1.74. The zero-order valence-corrected chi connectivity index (χ0v) is 15.2. The summed E-state index contributed by atoms with van der Waals surface area (Å²) in [5, 5.41) is 8.26. The Kier molecular flexibility index (Phi) is 5.26.